The first-order valence-electron chi connectivity index (χ1n) is 8.13. The summed E-state index contributed by atoms with van der Waals surface area (Å²) in [4.78, 5) is 14.1. The van der Waals surface area contributed by atoms with E-state index in [0.717, 1.165) is 38.3 Å². The van der Waals surface area contributed by atoms with Crippen LogP contribution in [0.15, 0.2) is 6.20 Å². The van der Waals surface area contributed by atoms with Crippen molar-refractivity contribution < 1.29 is 9.53 Å². The molecule has 2 aliphatic heterocycles. The smallest absolute Gasteiger partial charge is 0.223 e. The molecule has 2 fully saturated rings. The summed E-state index contributed by atoms with van der Waals surface area (Å²) in [6.07, 6.45) is 4.79. The van der Waals surface area contributed by atoms with Gasteiger partial charge in [0.05, 0.1) is 18.8 Å². The van der Waals surface area contributed by atoms with E-state index in [0.29, 0.717) is 18.4 Å². The van der Waals surface area contributed by atoms with Gasteiger partial charge in [0.1, 0.15) is 0 Å². The van der Waals surface area contributed by atoms with Crippen molar-refractivity contribution >= 4 is 5.91 Å². The Hall–Kier alpha value is -1.40. The Balaban J connectivity index is 1.71. The van der Waals surface area contributed by atoms with Crippen molar-refractivity contribution in [2.24, 2.45) is 13.0 Å². The second kappa shape index (κ2) is 6.38. The molecule has 0 radical (unpaired) electrons. The van der Waals surface area contributed by atoms with Crippen LogP contribution in [-0.2, 0) is 16.6 Å². The molecule has 2 saturated heterocycles. The highest BCUT2D eigenvalue weighted by Gasteiger charge is 2.40. The molecule has 0 aromatic carbocycles. The molecule has 22 heavy (non-hydrogen) atoms. The lowest BCUT2D eigenvalue weighted by Gasteiger charge is -2.28. The summed E-state index contributed by atoms with van der Waals surface area (Å²) in [7, 11) is 3.85. The number of hydrogen-bond donors (Lipinski definition) is 1. The standard InChI is InChI=1S/C16H26N4O2/c1-11-14(9-18-20(11)3)16-12(7-15(21)19(16)2)8-17-13-5-4-6-22-10-13/h9,12-13,16-17H,4-8,10H2,1-3H3/t12-,13?,16+/m0/s1. The van der Waals surface area contributed by atoms with Gasteiger partial charge < -0.3 is 15.0 Å². The van der Waals surface area contributed by atoms with Crippen molar-refractivity contribution in [1.29, 1.82) is 0 Å². The molecule has 6 nitrogen and oxygen atoms in total. The zero-order valence-electron chi connectivity index (χ0n) is 13.7. The molecule has 2 aliphatic rings. The zero-order chi connectivity index (χ0) is 15.7. The summed E-state index contributed by atoms with van der Waals surface area (Å²) in [6, 6.07) is 0.545. The molecule has 0 spiro atoms. The molecular formula is C16H26N4O2. The first kappa shape index (κ1) is 15.5. The summed E-state index contributed by atoms with van der Waals surface area (Å²) < 4.78 is 7.40. The molecule has 1 aromatic rings. The lowest BCUT2D eigenvalue weighted by atomic mass is 9.93. The second-order valence-corrected chi connectivity index (χ2v) is 6.54. The Kier molecular flexibility index (Phi) is 4.49. The lowest BCUT2D eigenvalue weighted by Crippen LogP contribution is -2.40. The number of aromatic nitrogens is 2. The van der Waals surface area contributed by atoms with Crippen LogP contribution in [0.1, 0.15) is 36.6 Å². The lowest BCUT2D eigenvalue weighted by molar-refractivity contribution is -0.127. The Morgan fingerprint density at radius 3 is 2.91 bits per heavy atom. The van der Waals surface area contributed by atoms with Crippen LogP contribution in [0.5, 0.6) is 0 Å². The molecule has 1 aromatic heterocycles. The first-order valence-corrected chi connectivity index (χ1v) is 8.13. The Morgan fingerprint density at radius 1 is 1.45 bits per heavy atom. The maximum Gasteiger partial charge on any atom is 0.223 e. The number of rotatable bonds is 4. The predicted octanol–water partition coefficient (Wildman–Crippen LogP) is 1.02. The minimum absolute atomic E-state index is 0.123. The summed E-state index contributed by atoms with van der Waals surface area (Å²) >= 11 is 0. The highest BCUT2D eigenvalue weighted by molar-refractivity contribution is 5.79. The van der Waals surface area contributed by atoms with Gasteiger partial charge in [-0.2, -0.15) is 5.10 Å². The topological polar surface area (TPSA) is 59.4 Å². The Bertz CT molecular complexity index is 536. The number of carbonyl (C=O) groups excluding carboxylic acids is 1. The van der Waals surface area contributed by atoms with E-state index in [-0.39, 0.29) is 11.9 Å². The molecular weight excluding hydrogens is 280 g/mol. The molecule has 0 aliphatic carbocycles. The van der Waals surface area contributed by atoms with Gasteiger partial charge in [-0.3, -0.25) is 9.48 Å². The van der Waals surface area contributed by atoms with Gasteiger partial charge in [-0.1, -0.05) is 0 Å². The third-order valence-corrected chi connectivity index (χ3v) is 5.11. The van der Waals surface area contributed by atoms with Gasteiger partial charge in [-0.25, -0.2) is 0 Å². The second-order valence-electron chi connectivity index (χ2n) is 6.54. The molecule has 1 unspecified atom stereocenters. The Morgan fingerprint density at radius 2 is 2.27 bits per heavy atom. The van der Waals surface area contributed by atoms with Gasteiger partial charge in [0.25, 0.3) is 0 Å². The maximum absolute atomic E-state index is 12.2. The van der Waals surface area contributed by atoms with E-state index in [1.807, 2.05) is 29.9 Å². The van der Waals surface area contributed by atoms with Gasteiger partial charge >= 0.3 is 0 Å². The van der Waals surface area contributed by atoms with Crippen molar-refractivity contribution in [3.63, 3.8) is 0 Å². The van der Waals surface area contributed by atoms with E-state index in [9.17, 15) is 4.79 Å². The molecule has 0 saturated carbocycles. The van der Waals surface area contributed by atoms with E-state index in [2.05, 4.69) is 17.3 Å². The van der Waals surface area contributed by atoms with Gasteiger partial charge in [0.15, 0.2) is 0 Å². The predicted molar refractivity (Wildman–Crippen MR) is 83.4 cm³/mol. The summed E-state index contributed by atoms with van der Waals surface area (Å²) in [6.45, 7) is 4.58. The zero-order valence-corrected chi connectivity index (χ0v) is 13.7. The van der Waals surface area contributed by atoms with E-state index < -0.39 is 0 Å². The molecule has 3 atom stereocenters. The van der Waals surface area contributed by atoms with Gasteiger partial charge in [0, 0.05) is 56.9 Å². The molecule has 6 heteroatoms. The van der Waals surface area contributed by atoms with Crippen molar-refractivity contribution in [3.8, 4) is 0 Å². The van der Waals surface area contributed by atoms with Gasteiger partial charge in [-0.15, -0.1) is 0 Å². The fourth-order valence-corrected chi connectivity index (χ4v) is 3.62. The molecule has 3 heterocycles. The van der Waals surface area contributed by atoms with Crippen LogP contribution < -0.4 is 5.32 Å². The van der Waals surface area contributed by atoms with Crippen molar-refractivity contribution in [1.82, 2.24) is 20.0 Å². The molecule has 0 bridgehead atoms. The number of aryl methyl sites for hydroxylation is 1. The van der Waals surface area contributed by atoms with Crippen molar-refractivity contribution in [2.45, 2.75) is 38.3 Å². The fourth-order valence-electron chi connectivity index (χ4n) is 3.62. The SMILES string of the molecule is Cc1c([C@H]2[C@H](CNC3CCCOC3)CC(=O)N2C)cnn1C. The highest BCUT2D eigenvalue weighted by Crippen LogP contribution is 2.37. The number of nitrogens with zero attached hydrogens (tertiary/aromatic N) is 3. The summed E-state index contributed by atoms with van der Waals surface area (Å²) in [5, 5.41) is 7.94. The van der Waals surface area contributed by atoms with Gasteiger partial charge in [-0.05, 0) is 19.8 Å². The van der Waals surface area contributed by atoms with Crippen LogP contribution in [0.25, 0.3) is 0 Å². The van der Waals surface area contributed by atoms with E-state index in [1.165, 1.54) is 5.56 Å². The van der Waals surface area contributed by atoms with Gasteiger partial charge in [0.2, 0.25) is 5.91 Å². The highest BCUT2D eigenvalue weighted by atomic mass is 16.5. The van der Waals surface area contributed by atoms with E-state index in [4.69, 9.17) is 4.74 Å². The molecule has 1 N–H and O–H groups in total. The van der Waals surface area contributed by atoms with Crippen LogP contribution in [0, 0.1) is 12.8 Å². The van der Waals surface area contributed by atoms with Crippen molar-refractivity contribution in [2.75, 3.05) is 26.8 Å². The third kappa shape index (κ3) is 2.90. The van der Waals surface area contributed by atoms with Crippen LogP contribution in [0.4, 0.5) is 0 Å². The quantitative estimate of drug-likeness (QED) is 0.902. The van der Waals surface area contributed by atoms with E-state index >= 15 is 0 Å². The molecule has 3 rings (SSSR count). The summed E-state index contributed by atoms with van der Waals surface area (Å²) in [5.74, 6) is 0.516. The number of carbonyl (C=O) groups is 1. The van der Waals surface area contributed by atoms with Crippen molar-refractivity contribution in [3.05, 3.63) is 17.5 Å². The number of nitrogens with one attached hydrogen (secondary N) is 1. The maximum atomic E-state index is 12.2. The average Bonchev–Trinajstić information content (AvgIpc) is 2.99. The third-order valence-electron chi connectivity index (χ3n) is 5.11. The fraction of sp³-hybridized carbons (Fsp3) is 0.750. The van der Waals surface area contributed by atoms with Crippen LogP contribution in [0.2, 0.25) is 0 Å². The Labute approximate surface area is 131 Å². The minimum Gasteiger partial charge on any atom is -0.380 e. The average molecular weight is 306 g/mol. The number of amides is 1. The number of likely N-dealkylation sites (tertiary alicyclic amines) is 1. The van der Waals surface area contributed by atoms with Crippen LogP contribution in [-0.4, -0.2) is 53.4 Å². The monoisotopic (exact) mass is 306 g/mol. The molecule has 122 valence electrons. The largest absolute Gasteiger partial charge is 0.380 e. The first-order chi connectivity index (χ1) is 10.6. The van der Waals surface area contributed by atoms with E-state index in [1.54, 1.807) is 0 Å². The number of ether oxygens (including phenoxy) is 1. The molecule has 1 amide bonds. The minimum atomic E-state index is 0.123. The van der Waals surface area contributed by atoms with Crippen LogP contribution in [0.3, 0.4) is 0 Å². The number of hydrogen-bond acceptors (Lipinski definition) is 4. The van der Waals surface area contributed by atoms with Crippen LogP contribution >= 0.6 is 0 Å². The normalized spacial score (nSPS) is 29.3. The summed E-state index contributed by atoms with van der Waals surface area (Å²) in [5.41, 5.74) is 2.31.